The van der Waals surface area contributed by atoms with Gasteiger partial charge >= 0.3 is 0 Å². The van der Waals surface area contributed by atoms with Crippen molar-refractivity contribution in [3.63, 3.8) is 0 Å². The predicted molar refractivity (Wildman–Crippen MR) is 153 cm³/mol. The van der Waals surface area contributed by atoms with E-state index in [0.717, 1.165) is 74.1 Å². The summed E-state index contributed by atoms with van der Waals surface area (Å²) in [5.41, 5.74) is 6.49. The van der Waals surface area contributed by atoms with Gasteiger partial charge in [0.15, 0.2) is 5.82 Å². The number of hydrogen-bond acceptors (Lipinski definition) is 7. The number of aromatic nitrogens is 2. The van der Waals surface area contributed by atoms with Gasteiger partial charge < -0.3 is 24.6 Å². The second-order valence-electron chi connectivity index (χ2n) is 11.1. The first-order valence-corrected chi connectivity index (χ1v) is 14.6. The van der Waals surface area contributed by atoms with Gasteiger partial charge in [-0.05, 0) is 88.2 Å². The van der Waals surface area contributed by atoms with Crippen molar-refractivity contribution in [3.8, 4) is 5.75 Å². The summed E-state index contributed by atoms with van der Waals surface area (Å²) in [6, 6.07) is 6.41. The molecule has 6 rings (SSSR count). The van der Waals surface area contributed by atoms with Gasteiger partial charge in [-0.15, -0.1) is 0 Å². The Morgan fingerprint density at radius 1 is 1.05 bits per heavy atom. The van der Waals surface area contributed by atoms with Crippen molar-refractivity contribution in [2.45, 2.75) is 64.0 Å². The second kappa shape index (κ2) is 12.0. The fraction of sp³-hybridized carbons (Fsp3) is 0.548. The van der Waals surface area contributed by atoms with E-state index in [1.165, 1.54) is 61.9 Å². The van der Waals surface area contributed by atoms with E-state index in [4.69, 9.17) is 14.5 Å². The predicted octanol–water partition coefficient (Wildman–Crippen LogP) is 5.35. The molecule has 1 aromatic carbocycles. The largest absolute Gasteiger partial charge is 0.496 e. The van der Waals surface area contributed by atoms with E-state index in [1.807, 2.05) is 0 Å². The third kappa shape index (κ3) is 5.82. The first kappa shape index (κ1) is 26.3. The Bertz CT molecular complexity index is 1290. The number of hydrogen-bond donors (Lipinski definition) is 1. The summed E-state index contributed by atoms with van der Waals surface area (Å²) in [7, 11) is 1.74. The minimum atomic E-state index is -0.249. The number of benzene rings is 1. The van der Waals surface area contributed by atoms with Crippen molar-refractivity contribution in [2.75, 3.05) is 56.7 Å². The molecule has 39 heavy (non-hydrogen) atoms. The molecule has 208 valence electrons. The third-order valence-electron chi connectivity index (χ3n) is 8.61. The van der Waals surface area contributed by atoms with Gasteiger partial charge in [-0.2, -0.15) is 0 Å². The van der Waals surface area contributed by atoms with Gasteiger partial charge in [0.2, 0.25) is 0 Å². The minimum Gasteiger partial charge on any atom is -0.496 e. The number of ether oxygens (including phenoxy) is 2. The number of anilines is 2. The monoisotopic (exact) mass is 533 g/mol. The summed E-state index contributed by atoms with van der Waals surface area (Å²) < 4.78 is 26.3. The number of nitrogens with one attached hydrogen (secondary N) is 1. The van der Waals surface area contributed by atoms with E-state index in [2.05, 4.69) is 32.2 Å². The molecule has 8 heteroatoms. The van der Waals surface area contributed by atoms with E-state index in [0.29, 0.717) is 18.3 Å². The smallest absolute Gasteiger partial charge is 0.164 e. The molecule has 0 atom stereocenters. The van der Waals surface area contributed by atoms with Crippen molar-refractivity contribution in [1.29, 1.82) is 0 Å². The maximum Gasteiger partial charge on any atom is 0.164 e. The van der Waals surface area contributed by atoms with Crippen LogP contribution in [-0.2, 0) is 24.2 Å². The van der Waals surface area contributed by atoms with Crippen molar-refractivity contribution in [2.24, 2.45) is 0 Å². The first-order chi connectivity index (χ1) is 19.2. The van der Waals surface area contributed by atoms with Gasteiger partial charge in [0, 0.05) is 54.2 Å². The Balaban J connectivity index is 1.21. The molecule has 0 bridgehead atoms. The maximum absolute atomic E-state index is 14.3. The number of pyridine rings is 2. The fourth-order valence-corrected chi connectivity index (χ4v) is 6.44. The number of aryl methyl sites for hydroxylation is 1. The van der Waals surface area contributed by atoms with Crippen LogP contribution in [0.25, 0.3) is 10.9 Å². The molecule has 0 radical (unpaired) electrons. The van der Waals surface area contributed by atoms with E-state index >= 15 is 0 Å². The number of methoxy groups -OCH3 is 1. The second-order valence-corrected chi connectivity index (χ2v) is 11.1. The molecule has 7 nitrogen and oxygen atoms in total. The minimum absolute atomic E-state index is 0.249. The third-order valence-corrected chi connectivity index (χ3v) is 8.61. The van der Waals surface area contributed by atoms with Crippen LogP contribution in [0.5, 0.6) is 5.75 Å². The lowest BCUT2D eigenvalue weighted by atomic mass is 9.91. The molecule has 2 fully saturated rings. The van der Waals surface area contributed by atoms with Crippen LogP contribution in [0.1, 0.15) is 55.3 Å². The molecule has 3 aliphatic rings. The number of halogens is 1. The molecular weight excluding hydrogens is 493 g/mol. The van der Waals surface area contributed by atoms with Crippen molar-refractivity contribution in [1.82, 2.24) is 14.9 Å². The van der Waals surface area contributed by atoms with Crippen LogP contribution in [0, 0.1) is 5.82 Å². The van der Waals surface area contributed by atoms with Crippen molar-refractivity contribution in [3.05, 3.63) is 53.2 Å². The lowest BCUT2D eigenvalue weighted by Gasteiger charge is -2.35. The highest BCUT2D eigenvalue weighted by atomic mass is 19.1. The Morgan fingerprint density at radius 2 is 1.87 bits per heavy atom. The Morgan fingerprint density at radius 3 is 2.67 bits per heavy atom. The molecular formula is C31H40FN5O2. The number of piperidine rings is 1. The molecule has 1 N–H and O–H groups in total. The topological polar surface area (TPSA) is 62.8 Å². The molecule has 2 aromatic heterocycles. The highest BCUT2D eigenvalue weighted by Gasteiger charge is 2.25. The molecule has 2 saturated heterocycles. The van der Waals surface area contributed by atoms with Gasteiger partial charge in [-0.3, -0.25) is 9.97 Å². The van der Waals surface area contributed by atoms with Crippen LogP contribution in [0.15, 0.2) is 30.6 Å². The zero-order valence-corrected chi connectivity index (χ0v) is 23.1. The lowest BCUT2D eigenvalue weighted by Crippen LogP contribution is -2.39. The van der Waals surface area contributed by atoms with E-state index in [9.17, 15) is 4.39 Å². The van der Waals surface area contributed by atoms with Crippen molar-refractivity contribution < 1.29 is 13.9 Å². The SMILES string of the molecule is COc1cc2c(NC3CCN(c4ccncc4F)CC3)c3c(nc2cc1COCCN1CCCC1)CCCC3. The van der Waals surface area contributed by atoms with E-state index in [1.54, 1.807) is 19.4 Å². The Kier molecular flexibility index (Phi) is 8.11. The molecule has 0 unspecified atom stereocenters. The average molecular weight is 534 g/mol. The van der Waals surface area contributed by atoms with Gasteiger partial charge in [-0.1, -0.05) is 0 Å². The molecule has 2 aliphatic heterocycles. The van der Waals surface area contributed by atoms with Crippen LogP contribution in [0.4, 0.5) is 15.8 Å². The molecule has 0 amide bonds. The summed E-state index contributed by atoms with van der Waals surface area (Å²) in [6.45, 7) is 6.24. The number of likely N-dealkylation sites (tertiary alicyclic amines) is 1. The molecule has 1 aliphatic carbocycles. The number of fused-ring (bicyclic) bond motifs is 2. The highest BCUT2D eigenvalue weighted by molar-refractivity contribution is 5.95. The molecule has 0 saturated carbocycles. The van der Waals surface area contributed by atoms with E-state index in [-0.39, 0.29) is 5.82 Å². The average Bonchev–Trinajstić information content (AvgIpc) is 3.49. The van der Waals surface area contributed by atoms with Gasteiger partial charge in [0.25, 0.3) is 0 Å². The van der Waals surface area contributed by atoms with Crippen LogP contribution < -0.4 is 15.0 Å². The zero-order chi connectivity index (χ0) is 26.6. The summed E-state index contributed by atoms with van der Waals surface area (Å²) in [5.74, 6) is 0.605. The normalized spacial score (nSPS) is 18.5. The summed E-state index contributed by atoms with van der Waals surface area (Å²) in [4.78, 5) is 13.6. The lowest BCUT2D eigenvalue weighted by molar-refractivity contribution is 0.0979. The summed E-state index contributed by atoms with van der Waals surface area (Å²) in [5, 5.41) is 5.05. The summed E-state index contributed by atoms with van der Waals surface area (Å²) >= 11 is 0. The van der Waals surface area contributed by atoms with Crippen LogP contribution in [0.2, 0.25) is 0 Å². The molecule has 4 heterocycles. The summed E-state index contributed by atoms with van der Waals surface area (Å²) in [6.07, 6.45) is 11.9. The standard InChI is InChI=1S/C31H40FN5O2/c1-38-30-19-25-28(18-22(30)21-39-17-16-36-12-4-5-13-36)35-27-7-3-2-6-24(27)31(25)34-23-9-14-37(15-10-23)29-8-11-33-20-26(29)32/h8,11,18-20,23H,2-7,9-10,12-17,21H2,1H3,(H,34,35). The van der Waals surface area contributed by atoms with Gasteiger partial charge in [-0.25, -0.2) is 4.39 Å². The highest BCUT2D eigenvalue weighted by Crippen LogP contribution is 2.38. The first-order valence-electron chi connectivity index (χ1n) is 14.6. The number of nitrogens with zero attached hydrogens (tertiary/aromatic N) is 4. The number of rotatable bonds is 9. The van der Waals surface area contributed by atoms with Gasteiger partial charge in [0.05, 0.1) is 37.7 Å². The van der Waals surface area contributed by atoms with Crippen LogP contribution >= 0.6 is 0 Å². The zero-order valence-electron chi connectivity index (χ0n) is 23.1. The Hall–Kier alpha value is -2.97. The van der Waals surface area contributed by atoms with Crippen LogP contribution in [0.3, 0.4) is 0 Å². The molecule has 3 aromatic rings. The van der Waals surface area contributed by atoms with Gasteiger partial charge in [0.1, 0.15) is 5.75 Å². The van der Waals surface area contributed by atoms with E-state index < -0.39 is 0 Å². The Labute approximate surface area is 230 Å². The van der Waals surface area contributed by atoms with Crippen LogP contribution in [-0.4, -0.2) is 67.4 Å². The maximum atomic E-state index is 14.3. The van der Waals surface area contributed by atoms with Crippen molar-refractivity contribution >= 4 is 22.3 Å². The fourth-order valence-electron chi connectivity index (χ4n) is 6.44. The quantitative estimate of drug-likeness (QED) is 0.372. The molecule has 0 spiro atoms.